The first kappa shape index (κ1) is 13.4. The molecule has 2 aromatic rings. The summed E-state index contributed by atoms with van der Waals surface area (Å²) < 4.78 is 5.65. The third-order valence-corrected chi connectivity index (χ3v) is 3.85. The summed E-state index contributed by atoms with van der Waals surface area (Å²) in [6, 6.07) is 8.51. The summed E-state index contributed by atoms with van der Waals surface area (Å²) >= 11 is 1.67. The summed E-state index contributed by atoms with van der Waals surface area (Å²) in [7, 11) is 0. The lowest BCUT2D eigenvalue weighted by Gasteiger charge is -2.13. The van der Waals surface area contributed by atoms with Crippen molar-refractivity contribution in [3.63, 3.8) is 0 Å². The number of nitrogens with zero attached hydrogens (tertiary/aromatic N) is 1. The van der Waals surface area contributed by atoms with Gasteiger partial charge in [-0.1, -0.05) is 37.7 Å². The molecular formula is C14H20N2OS. The van der Waals surface area contributed by atoms with E-state index in [0.717, 1.165) is 28.6 Å². The third-order valence-electron chi connectivity index (χ3n) is 3.02. The average molecular weight is 264 g/mol. The maximum atomic E-state index is 5.65. The van der Waals surface area contributed by atoms with Crippen molar-refractivity contribution in [2.45, 2.75) is 38.0 Å². The van der Waals surface area contributed by atoms with E-state index >= 15 is 0 Å². The molecule has 0 aliphatic rings. The van der Waals surface area contributed by atoms with Gasteiger partial charge in [-0.05, 0) is 25.0 Å². The molecule has 0 aliphatic heterocycles. The lowest BCUT2D eigenvalue weighted by molar-refractivity contribution is 0.485. The number of oxazole rings is 1. The number of thioether (sulfide) groups is 1. The Balaban J connectivity index is 1.80. The summed E-state index contributed by atoms with van der Waals surface area (Å²) in [6.45, 7) is 5.43. The van der Waals surface area contributed by atoms with Crippen molar-refractivity contribution in [1.29, 1.82) is 0 Å². The number of nitrogens with one attached hydrogen (secondary N) is 1. The Bertz CT molecular complexity index is 446. The van der Waals surface area contributed by atoms with Crippen LogP contribution in [0.3, 0.4) is 0 Å². The summed E-state index contributed by atoms with van der Waals surface area (Å²) in [5, 5.41) is 4.30. The fraction of sp³-hybridized carbons (Fsp3) is 0.500. The molecule has 0 saturated heterocycles. The van der Waals surface area contributed by atoms with Gasteiger partial charge in [-0.3, -0.25) is 0 Å². The predicted molar refractivity (Wildman–Crippen MR) is 77.1 cm³/mol. The Labute approximate surface area is 112 Å². The van der Waals surface area contributed by atoms with E-state index in [-0.39, 0.29) is 0 Å². The SMILES string of the molecule is CCC(CC)NCCSc1nc2ccccc2o1. The van der Waals surface area contributed by atoms with Crippen LogP contribution in [0, 0.1) is 0 Å². The first-order valence-corrected chi connectivity index (χ1v) is 7.53. The molecule has 0 atom stereocenters. The second-order valence-electron chi connectivity index (χ2n) is 4.26. The molecule has 1 heterocycles. The van der Waals surface area contributed by atoms with Crippen molar-refractivity contribution in [3.05, 3.63) is 24.3 Å². The quantitative estimate of drug-likeness (QED) is 0.611. The molecule has 0 fully saturated rings. The number of aromatic nitrogens is 1. The second-order valence-corrected chi connectivity index (χ2v) is 5.31. The Morgan fingerprint density at radius 3 is 2.78 bits per heavy atom. The molecule has 0 radical (unpaired) electrons. The van der Waals surface area contributed by atoms with Crippen LogP contribution in [0.4, 0.5) is 0 Å². The van der Waals surface area contributed by atoms with Gasteiger partial charge in [0.1, 0.15) is 5.52 Å². The van der Waals surface area contributed by atoms with Gasteiger partial charge in [-0.2, -0.15) is 0 Å². The number of para-hydroxylation sites is 2. The molecule has 0 aliphatic carbocycles. The molecule has 1 aromatic heterocycles. The topological polar surface area (TPSA) is 38.1 Å². The van der Waals surface area contributed by atoms with Crippen molar-refractivity contribution >= 4 is 22.9 Å². The smallest absolute Gasteiger partial charge is 0.256 e. The largest absolute Gasteiger partial charge is 0.431 e. The number of benzene rings is 1. The number of hydrogen-bond donors (Lipinski definition) is 1. The van der Waals surface area contributed by atoms with E-state index in [2.05, 4.69) is 24.1 Å². The second kappa shape index (κ2) is 6.81. The zero-order chi connectivity index (χ0) is 12.8. The van der Waals surface area contributed by atoms with Crippen LogP contribution >= 0.6 is 11.8 Å². The van der Waals surface area contributed by atoms with E-state index in [1.807, 2.05) is 24.3 Å². The van der Waals surface area contributed by atoms with Gasteiger partial charge in [0.15, 0.2) is 5.58 Å². The molecule has 98 valence electrons. The van der Waals surface area contributed by atoms with Crippen molar-refractivity contribution in [2.24, 2.45) is 0 Å². The molecule has 4 heteroatoms. The molecule has 18 heavy (non-hydrogen) atoms. The molecule has 1 N–H and O–H groups in total. The van der Waals surface area contributed by atoms with Gasteiger partial charge in [-0.15, -0.1) is 0 Å². The molecule has 0 unspecified atom stereocenters. The Morgan fingerprint density at radius 2 is 2.06 bits per heavy atom. The maximum Gasteiger partial charge on any atom is 0.256 e. The highest BCUT2D eigenvalue weighted by molar-refractivity contribution is 7.99. The minimum absolute atomic E-state index is 0.634. The number of fused-ring (bicyclic) bond motifs is 1. The van der Waals surface area contributed by atoms with Crippen LogP contribution in [-0.2, 0) is 0 Å². The first-order valence-electron chi connectivity index (χ1n) is 6.55. The van der Waals surface area contributed by atoms with E-state index < -0.39 is 0 Å². The van der Waals surface area contributed by atoms with E-state index in [1.54, 1.807) is 11.8 Å². The molecule has 0 saturated carbocycles. The summed E-state index contributed by atoms with van der Waals surface area (Å²) in [5.41, 5.74) is 1.81. The van der Waals surface area contributed by atoms with Crippen molar-refractivity contribution < 1.29 is 4.42 Å². The average Bonchev–Trinajstić information content (AvgIpc) is 2.81. The zero-order valence-corrected chi connectivity index (χ0v) is 11.8. The van der Waals surface area contributed by atoms with Gasteiger partial charge >= 0.3 is 0 Å². The molecule has 0 amide bonds. The standard InChI is InChI=1S/C14H20N2OS/c1-3-11(4-2)15-9-10-18-14-16-12-7-5-6-8-13(12)17-14/h5-8,11,15H,3-4,9-10H2,1-2H3. The van der Waals surface area contributed by atoms with Gasteiger partial charge in [0.05, 0.1) is 0 Å². The lowest BCUT2D eigenvalue weighted by Crippen LogP contribution is -2.29. The van der Waals surface area contributed by atoms with Crippen LogP contribution in [-0.4, -0.2) is 23.3 Å². The van der Waals surface area contributed by atoms with E-state index in [4.69, 9.17) is 4.42 Å². The normalized spacial score (nSPS) is 11.5. The summed E-state index contributed by atoms with van der Waals surface area (Å²) in [6.07, 6.45) is 2.37. The summed E-state index contributed by atoms with van der Waals surface area (Å²) in [4.78, 5) is 4.44. The number of hydrogen-bond acceptors (Lipinski definition) is 4. The van der Waals surface area contributed by atoms with Crippen LogP contribution in [0.15, 0.2) is 33.9 Å². The molecule has 2 rings (SSSR count). The van der Waals surface area contributed by atoms with Crippen LogP contribution in [0.1, 0.15) is 26.7 Å². The van der Waals surface area contributed by atoms with E-state index in [1.165, 1.54) is 12.8 Å². The fourth-order valence-corrected chi connectivity index (χ4v) is 2.60. The molecule has 0 spiro atoms. The van der Waals surface area contributed by atoms with E-state index in [9.17, 15) is 0 Å². The van der Waals surface area contributed by atoms with Gasteiger partial charge in [0.2, 0.25) is 0 Å². The van der Waals surface area contributed by atoms with Gasteiger partial charge in [-0.25, -0.2) is 4.98 Å². The third kappa shape index (κ3) is 3.50. The molecule has 1 aromatic carbocycles. The monoisotopic (exact) mass is 264 g/mol. The Kier molecular flexibility index (Phi) is 5.08. The van der Waals surface area contributed by atoms with Crippen LogP contribution in [0.5, 0.6) is 0 Å². The van der Waals surface area contributed by atoms with E-state index in [0.29, 0.717) is 6.04 Å². The fourth-order valence-electron chi connectivity index (χ4n) is 1.89. The Morgan fingerprint density at radius 1 is 1.28 bits per heavy atom. The highest BCUT2D eigenvalue weighted by Gasteiger charge is 2.06. The highest BCUT2D eigenvalue weighted by atomic mass is 32.2. The minimum atomic E-state index is 0.634. The predicted octanol–water partition coefficient (Wildman–Crippen LogP) is 3.70. The van der Waals surface area contributed by atoms with Gasteiger partial charge in [0, 0.05) is 18.3 Å². The minimum Gasteiger partial charge on any atom is -0.431 e. The van der Waals surface area contributed by atoms with Crippen LogP contribution < -0.4 is 5.32 Å². The van der Waals surface area contributed by atoms with Crippen LogP contribution in [0.25, 0.3) is 11.1 Å². The van der Waals surface area contributed by atoms with Crippen molar-refractivity contribution in [2.75, 3.05) is 12.3 Å². The van der Waals surface area contributed by atoms with Crippen LogP contribution in [0.2, 0.25) is 0 Å². The zero-order valence-electron chi connectivity index (χ0n) is 11.0. The van der Waals surface area contributed by atoms with Gasteiger partial charge in [0.25, 0.3) is 5.22 Å². The molecule has 3 nitrogen and oxygen atoms in total. The Hall–Kier alpha value is -1.00. The molecule has 0 bridgehead atoms. The first-order chi connectivity index (χ1) is 8.83. The van der Waals surface area contributed by atoms with Crippen molar-refractivity contribution in [3.8, 4) is 0 Å². The van der Waals surface area contributed by atoms with Crippen molar-refractivity contribution in [1.82, 2.24) is 10.3 Å². The van der Waals surface area contributed by atoms with Gasteiger partial charge < -0.3 is 9.73 Å². The highest BCUT2D eigenvalue weighted by Crippen LogP contribution is 2.22. The molecular weight excluding hydrogens is 244 g/mol. The maximum absolute atomic E-state index is 5.65. The lowest BCUT2D eigenvalue weighted by atomic mass is 10.2. The number of rotatable bonds is 7. The summed E-state index contributed by atoms with van der Waals surface area (Å²) in [5.74, 6) is 0.989.